The van der Waals surface area contributed by atoms with Crippen molar-refractivity contribution >= 4 is 17.3 Å². The number of carbonyl (C=O) groups excluding carboxylic acids is 1. The molecule has 26 heavy (non-hydrogen) atoms. The molecule has 0 fully saturated rings. The smallest absolute Gasteiger partial charge is 0.276 e. The summed E-state index contributed by atoms with van der Waals surface area (Å²) >= 11 is 0. The second-order valence-corrected chi connectivity index (χ2v) is 6.30. The van der Waals surface area contributed by atoms with E-state index in [4.69, 9.17) is 0 Å². The summed E-state index contributed by atoms with van der Waals surface area (Å²) in [6.07, 6.45) is 5.47. The van der Waals surface area contributed by atoms with Gasteiger partial charge < -0.3 is 10.2 Å². The quantitative estimate of drug-likeness (QED) is 0.784. The molecule has 2 aromatic heterocycles. The number of anilines is 2. The molecule has 1 aliphatic heterocycles. The number of aromatic nitrogens is 2. The Kier molecular flexibility index (Phi) is 4.60. The summed E-state index contributed by atoms with van der Waals surface area (Å²) in [6.45, 7) is 1.35. The highest BCUT2D eigenvalue weighted by Gasteiger charge is 2.23. The van der Waals surface area contributed by atoms with Crippen LogP contribution in [0.5, 0.6) is 0 Å². The van der Waals surface area contributed by atoms with Gasteiger partial charge in [0.1, 0.15) is 5.69 Å². The molecule has 4 rings (SSSR count). The van der Waals surface area contributed by atoms with Gasteiger partial charge in [-0.25, -0.2) is 4.98 Å². The Morgan fingerprint density at radius 1 is 1.04 bits per heavy atom. The highest BCUT2D eigenvalue weighted by molar-refractivity contribution is 6.05. The number of benzene rings is 1. The van der Waals surface area contributed by atoms with Crippen LogP contribution in [-0.2, 0) is 13.0 Å². The van der Waals surface area contributed by atoms with Gasteiger partial charge in [-0.1, -0.05) is 24.3 Å². The largest absolute Gasteiger partial charge is 0.378 e. The maximum atomic E-state index is 12.9. The molecule has 0 radical (unpaired) electrons. The minimum Gasteiger partial charge on any atom is -0.378 e. The van der Waals surface area contributed by atoms with Crippen LogP contribution in [0, 0.1) is 0 Å². The number of nitrogens with one attached hydrogen (secondary N) is 1. The molecule has 3 aromatic rings. The molecule has 0 unspecified atom stereocenters. The van der Waals surface area contributed by atoms with E-state index in [9.17, 15) is 4.79 Å². The molecule has 1 amide bonds. The SMILES string of the molecule is O=C(c1ccc(NCc2ccccn2)cn1)N1CCCc2ccccc21. The summed E-state index contributed by atoms with van der Waals surface area (Å²) < 4.78 is 0. The van der Waals surface area contributed by atoms with Crippen molar-refractivity contribution in [3.63, 3.8) is 0 Å². The summed E-state index contributed by atoms with van der Waals surface area (Å²) in [5, 5.41) is 3.27. The molecule has 3 heterocycles. The Bertz CT molecular complexity index is 893. The molecule has 0 bridgehead atoms. The molecule has 5 heteroatoms. The van der Waals surface area contributed by atoms with Crippen LogP contribution in [0.3, 0.4) is 0 Å². The molecule has 130 valence electrons. The third-order valence-corrected chi connectivity index (χ3v) is 4.54. The predicted molar refractivity (Wildman–Crippen MR) is 102 cm³/mol. The molecule has 0 atom stereocenters. The first-order chi connectivity index (χ1) is 12.8. The van der Waals surface area contributed by atoms with Crippen molar-refractivity contribution in [2.45, 2.75) is 19.4 Å². The van der Waals surface area contributed by atoms with E-state index < -0.39 is 0 Å². The summed E-state index contributed by atoms with van der Waals surface area (Å²) in [5.41, 5.74) is 4.51. The van der Waals surface area contributed by atoms with E-state index in [0.717, 1.165) is 36.5 Å². The first-order valence-corrected chi connectivity index (χ1v) is 8.81. The number of fused-ring (bicyclic) bond motifs is 1. The molecule has 5 nitrogen and oxygen atoms in total. The van der Waals surface area contributed by atoms with Crippen LogP contribution < -0.4 is 10.2 Å². The highest BCUT2D eigenvalue weighted by atomic mass is 16.2. The zero-order chi connectivity index (χ0) is 17.8. The lowest BCUT2D eigenvalue weighted by Gasteiger charge is -2.29. The van der Waals surface area contributed by atoms with Gasteiger partial charge in [-0.05, 0) is 48.7 Å². The standard InChI is InChI=1S/C21H20N4O/c26-21(25-13-5-7-16-6-1-2-9-20(16)25)19-11-10-18(15-24-19)23-14-17-8-3-4-12-22-17/h1-4,6,8-12,15,23H,5,7,13-14H2. The van der Waals surface area contributed by atoms with E-state index in [1.807, 2.05) is 47.4 Å². The first kappa shape index (κ1) is 16.3. The van der Waals surface area contributed by atoms with Crippen molar-refractivity contribution < 1.29 is 4.79 Å². The number of aryl methyl sites for hydroxylation is 1. The van der Waals surface area contributed by atoms with Crippen LogP contribution in [0.4, 0.5) is 11.4 Å². The summed E-state index contributed by atoms with van der Waals surface area (Å²) in [6, 6.07) is 17.6. The van der Waals surface area contributed by atoms with Crippen molar-refractivity contribution in [2.75, 3.05) is 16.8 Å². The monoisotopic (exact) mass is 344 g/mol. The number of pyridine rings is 2. The number of hydrogen-bond donors (Lipinski definition) is 1. The van der Waals surface area contributed by atoms with Gasteiger partial charge in [-0.3, -0.25) is 9.78 Å². The lowest BCUT2D eigenvalue weighted by atomic mass is 10.0. The molecular weight excluding hydrogens is 324 g/mol. The average molecular weight is 344 g/mol. The highest BCUT2D eigenvalue weighted by Crippen LogP contribution is 2.27. The Morgan fingerprint density at radius 3 is 2.73 bits per heavy atom. The van der Waals surface area contributed by atoms with Crippen LogP contribution in [-0.4, -0.2) is 22.4 Å². The fourth-order valence-electron chi connectivity index (χ4n) is 3.20. The molecule has 0 saturated heterocycles. The molecular formula is C21H20N4O. The minimum atomic E-state index is -0.0478. The Morgan fingerprint density at radius 2 is 1.92 bits per heavy atom. The Balaban J connectivity index is 1.46. The van der Waals surface area contributed by atoms with Gasteiger partial charge in [0.05, 0.1) is 24.1 Å². The summed E-state index contributed by atoms with van der Waals surface area (Å²) in [7, 11) is 0. The zero-order valence-electron chi connectivity index (χ0n) is 14.4. The van der Waals surface area contributed by atoms with E-state index in [2.05, 4.69) is 21.4 Å². The maximum Gasteiger partial charge on any atom is 0.276 e. The molecule has 0 spiro atoms. The zero-order valence-corrected chi connectivity index (χ0v) is 14.4. The van der Waals surface area contributed by atoms with E-state index >= 15 is 0 Å². The van der Waals surface area contributed by atoms with Crippen LogP contribution in [0.25, 0.3) is 0 Å². The first-order valence-electron chi connectivity index (χ1n) is 8.81. The minimum absolute atomic E-state index is 0.0478. The van der Waals surface area contributed by atoms with Gasteiger partial charge in [-0.15, -0.1) is 0 Å². The lowest BCUT2D eigenvalue weighted by molar-refractivity contribution is 0.0980. The normalized spacial score (nSPS) is 13.2. The van der Waals surface area contributed by atoms with Gasteiger partial charge >= 0.3 is 0 Å². The van der Waals surface area contributed by atoms with E-state index in [1.54, 1.807) is 18.5 Å². The molecule has 1 aliphatic rings. The Hall–Kier alpha value is -3.21. The number of nitrogens with zero attached hydrogens (tertiary/aromatic N) is 3. The number of carbonyl (C=O) groups is 1. The van der Waals surface area contributed by atoms with Gasteiger partial charge in [0.2, 0.25) is 0 Å². The van der Waals surface area contributed by atoms with Crippen LogP contribution in [0.1, 0.15) is 28.2 Å². The second kappa shape index (κ2) is 7.35. The fourth-order valence-corrected chi connectivity index (χ4v) is 3.20. The van der Waals surface area contributed by atoms with Crippen molar-refractivity contribution in [3.05, 3.63) is 83.9 Å². The van der Waals surface area contributed by atoms with E-state index in [0.29, 0.717) is 12.2 Å². The molecule has 1 aromatic carbocycles. The number of rotatable bonds is 4. The van der Waals surface area contributed by atoms with Crippen LogP contribution in [0.15, 0.2) is 67.0 Å². The summed E-state index contributed by atoms with van der Waals surface area (Å²) in [5.74, 6) is -0.0478. The van der Waals surface area contributed by atoms with Gasteiger partial charge in [0, 0.05) is 18.4 Å². The van der Waals surface area contributed by atoms with Crippen LogP contribution >= 0.6 is 0 Å². The molecule has 0 aliphatic carbocycles. The van der Waals surface area contributed by atoms with E-state index in [-0.39, 0.29) is 5.91 Å². The van der Waals surface area contributed by atoms with Gasteiger partial charge in [0.15, 0.2) is 0 Å². The topological polar surface area (TPSA) is 58.1 Å². The molecule has 1 N–H and O–H groups in total. The lowest BCUT2D eigenvalue weighted by Crippen LogP contribution is -2.35. The second-order valence-electron chi connectivity index (χ2n) is 6.30. The van der Waals surface area contributed by atoms with Crippen molar-refractivity contribution in [3.8, 4) is 0 Å². The average Bonchev–Trinajstić information content (AvgIpc) is 2.72. The van der Waals surface area contributed by atoms with Crippen LogP contribution in [0.2, 0.25) is 0 Å². The van der Waals surface area contributed by atoms with Crippen molar-refractivity contribution in [1.29, 1.82) is 0 Å². The third kappa shape index (κ3) is 3.42. The fraction of sp³-hybridized carbons (Fsp3) is 0.190. The maximum absolute atomic E-state index is 12.9. The van der Waals surface area contributed by atoms with E-state index in [1.165, 1.54) is 5.56 Å². The Labute approximate surface area is 152 Å². The van der Waals surface area contributed by atoms with Crippen molar-refractivity contribution in [1.82, 2.24) is 9.97 Å². The third-order valence-electron chi connectivity index (χ3n) is 4.54. The summed E-state index contributed by atoms with van der Waals surface area (Å²) in [4.78, 5) is 23.4. The number of amides is 1. The van der Waals surface area contributed by atoms with Crippen molar-refractivity contribution in [2.24, 2.45) is 0 Å². The van der Waals surface area contributed by atoms with Gasteiger partial charge in [0.25, 0.3) is 5.91 Å². The molecule has 0 saturated carbocycles. The number of para-hydroxylation sites is 1. The van der Waals surface area contributed by atoms with Gasteiger partial charge in [-0.2, -0.15) is 0 Å². The predicted octanol–water partition coefficient (Wildman–Crippen LogP) is 3.68. The number of hydrogen-bond acceptors (Lipinski definition) is 4.